The van der Waals surface area contributed by atoms with Crippen molar-refractivity contribution in [1.82, 2.24) is 0 Å². The standard InChI is InChI=1S/C14H21N3O4/c1-3-20-8-9-21-10(2)13(18)16-11-4-6-12(7-5-11)17-14(15)19/h4-7,10H,3,8-9H2,1-2H3,(H,16,18)(H3,15,17,19). The highest BCUT2D eigenvalue weighted by atomic mass is 16.5. The van der Waals surface area contributed by atoms with Gasteiger partial charge in [-0.3, -0.25) is 4.79 Å². The summed E-state index contributed by atoms with van der Waals surface area (Å²) in [5.74, 6) is -0.248. The third kappa shape index (κ3) is 6.73. The first-order valence-electron chi connectivity index (χ1n) is 6.69. The van der Waals surface area contributed by atoms with Gasteiger partial charge in [-0.15, -0.1) is 0 Å². The number of rotatable bonds is 8. The first-order valence-corrected chi connectivity index (χ1v) is 6.69. The number of nitrogens with two attached hydrogens (primary N) is 1. The molecule has 0 aliphatic rings. The van der Waals surface area contributed by atoms with Crippen LogP contribution in [0.15, 0.2) is 24.3 Å². The van der Waals surface area contributed by atoms with Crippen LogP contribution in [0.4, 0.5) is 16.2 Å². The average Bonchev–Trinajstić information content (AvgIpc) is 2.45. The first-order chi connectivity index (χ1) is 10.0. The second kappa shape index (κ2) is 8.93. The predicted octanol–water partition coefficient (Wildman–Crippen LogP) is 1.56. The number of amides is 3. The highest BCUT2D eigenvalue weighted by Crippen LogP contribution is 2.13. The molecule has 1 aromatic carbocycles. The summed E-state index contributed by atoms with van der Waals surface area (Å²) in [5.41, 5.74) is 6.17. The first kappa shape index (κ1) is 16.9. The number of benzene rings is 1. The predicted molar refractivity (Wildman–Crippen MR) is 80.2 cm³/mol. The number of nitrogens with one attached hydrogen (secondary N) is 2. The fourth-order valence-electron chi connectivity index (χ4n) is 1.53. The minimum absolute atomic E-state index is 0.248. The average molecular weight is 295 g/mol. The number of carbonyl (C=O) groups is 2. The summed E-state index contributed by atoms with van der Waals surface area (Å²) < 4.78 is 10.5. The molecule has 7 heteroatoms. The van der Waals surface area contributed by atoms with Crippen molar-refractivity contribution in [2.75, 3.05) is 30.5 Å². The van der Waals surface area contributed by atoms with Gasteiger partial charge in [0.1, 0.15) is 6.10 Å². The van der Waals surface area contributed by atoms with Crippen molar-refractivity contribution < 1.29 is 19.1 Å². The molecular weight excluding hydrogens is 274 g/mol. The zero-order valence-corrected chi connectivity index (χ0v) is 12.2. The lowest BCUT2D eigenvalue weighted by atomic mass is 10.2. The molecule has 0 spiro atoms. The smallest absolute Gasteiger partial charge is 0.316 e. The summed E-state index contributed by atoms with van der Waals surface area (Å²) in [6.45, 7) is 5.01. The fraction of sp³-hybridized carbons (Fsp3) is 0.429. The Labute approximate surface area is 123 Å². The lowest BCUT2D eigenvalue weighted by Gasteiger charge is -2.13. The molecule has 116 valence electrons. The minimum Gasteiger partial charge on any atom is -0.379 e. The number of anilines is 2. The molecule has 0 saturated heterocycles. The molecular formula is C14H21N3O4. The quantitative estimate of drug-likeness (QED) is 0.633. The van der Waals surface area contributed by atoms with Gasteiger partial charge >= 0.3 is 6.03 Å². The Kier molecular flexibility index (Phi) is 7.20. The third-order valence-electron chi connectivity index (χ3n) is 2.59. The van der Waals surface area contributed by atoms with E-state index in [1.54, 1.807) is 31.2 Å². The lowest BCUT2D eigenvalue weighted by Crippen LogP contribution is -2.28. The normalized spacial score (nSPS) is 11.7. The lowest BCUT2D eigenvalue weighted by molar-refractivity contribution is -0.127. The Morgan fingerprint density at radius 2 is 1.71 bits per heavy atom. The highest BCUT2D eigenvalue weighted by molar-refractivity contribution is 5.94. The fourth-order valence-corrected chi connectivity index (χ4v) is 1.53. The summed E-state index contributed by atoms with van der Waals surface area (Å²) in [7, 11) is 0. The largest absolute Gasteiger partial charge is 0.379 e. The summed E-state index contributed by atoms with van der Waals surface area (Å²) in [6.07, 6.45) is -0.575. The van der Waals surface area contributed by atoms with Gasteiger partial charge < -0.3 is 25.8 Å². The van der Waals surface area contributed by atoms with E-state index in [0.717, 1.165) is 0 Å². The van der Waals surface area contributed by atoms with Crippen molar-refractivity contribution in [2.24, 2.45) is 5.73 Å². The number of primary amides is 1. The molecule has 4 N–H and O–H groups in total. The summed E-state index contributed by atoms with van der Waals surface area (Å²) >= 11 is 0. The number of urea groups is 1. The Morgan fingerprint density at radius 3 is 2.24 bits per heavy atom. The van der Waals surface area contributed by atoms with Gasteiger partial charge in [-0.05, 0) is 38.1 Å². The molecule has 21 heavy (non-hydrogen) atoms. The van der Waals surface area contributed by atoms with Crippen LogP contribution in [0.25, 0.3) is 0 Å². The number of hydrogen-bond acceptors (Lipinski definition) is 4. The molecule has 0 saturated carbocycles. The van der Waals surface area contributed by atoms with Crippen LogP contribution in [0.5, 0.6) is 0 Å². The van der Waals surface area contributed by atoms with E-state index in [2.05, 4.69) is 10.6 Å². The van der Waals surface area contributed by atoms with Gasteiger partial charge in [0.2, 0.25) is 0 Å². The summed E-state index contributed by atoms with van der Waals surface area (Å²) in [5, 5.41) is 5.15. The number of carbonyl (C=O) groups excluding carboxylic acids is 2. The van der Waals surface area contributed by atoms with Crippen LogP contribution in [0.1, 0.15) is 13.8 Å². The van der Waals surface area contributed by atoms with E-state index < -0.39 is 12.1 Å². The Balaban J connectivity index is 2.41. The van der Waals surface area contributed by atoms with Gasteiger partial charge in [0.25, 0.3) is 5.91 Å². The van der Waals surface area contributed by atoms with E-state index in [9.17, 15) is 9.59 Å². The third-order valence-corrected chi connectivity index (χ3v) is 2.59. The minimum atomic E-state index is -0.636. The van der Waals surface area contributed by atoms with Crippen LogP contribution in [0.2, 0.25) is 0 Å². The molecule has 1 aromatic rings. The van der Waals surface area contributed by atoms with Crippen LogP contribution in [0, 0.1) is 0 Å². The van der Waals surface area contributed by atoms with Crippen molar-refractivity contribution in [3.8, 4) is 0 Å². The molecule has 0 aromatic heterocycles. The van der Waals surface area contributed by atoms with E-state index >= 15 is 0 Å². The summed E-state index contributed by atoms with van der Waals surface area (Å²) in [4.78, 5) is 22.6. The van der Waals surface area contributed by atoms with Crippen LogP contribution < -0.4 is 16.4 Å². The topological polar surface area (TPSA) is 103 Å². The SMILES string of the molecule is CCOCCOC(C)C(=O)Nc1ccc(NC(N)=O)cc1. The number of ether oxygens (including phenoxy) is 2. The van der Waals surface area contributed by atoms with E-state index in [4.69, 9.17) is 15.2 Å². The van der Waals surface area contributed by atoms with Crippen molar-refractivity contribution in [3.05, 3.63) is 24.3 Å². The van der Waals surface area contributed by atoms with Gasteiger partial charge in [-0.1, -0.05) is 0 Å². The molecule has 0 bridgehead atoms. The molecule has 1 unspecified atom stereocenters. The van der Waals surface area contributed by atoms with Crippen LogP contribution in [0.3, 0.4) is 0 Å². The molecule has 3 amide bonds. The molecule has 0 radical (unpaired) electrons. The molecule has 7 nitrogen and oxygen atoms in total. The molecule has 1 rings (SSSR count). The van der Waals surface area contributed by atoms with Gasteiger partial charge in [0.15, 0.2) is 0 Å². The second-order valence-electron chi connectivity index (χ2n) is 4.27. The van der Waals surface area contributed by atoms with Crippen molar-refractivity contribution in [1.29, 1.82) is 0 Å². The van der Waals surface area contributed by atoms with Crippen LogP contribution in [-0.2, 0) is 14.3 Å². The van der Waals surface area contributed by atoms with E-state index in [-0.39, 0.29) is 5.91 Å². The molecule has 0 aliphatic heterocycles. The van der Waals surface area contributed by atoms with Crippen molar-refractivity contribution in [2.45, 2.75) is 20.0 Å². The Hall–Kier alpha value is -2.12. The van der Waals surface area contributed by atoms with Crippen molar-refractivity contribution in [3.63, 3.8) is 0 Å². The van der Waals surface area contributed by atoms with Crippen LogP contribution in [-0.4, -0.2) is 37.9 Å². The highest BCUT2D eigenvalue weighted by Gasteiger charge is 2.13. The van der Waals surface area contributed by atoms with E-state index in [0.29, 0.717) is 31.2 Å². The van der Waals surface area contributed by atoms with Crippen LogP contribution >= 0.6 is 0 Å². The monoisotopic (exact) mass is 295 g/mol. The van der Waals surface area contributed by atoms with E-state index in [1.165, 1.54) is 0 Å². The van der Waals surface area contributed by atoms with E-state index in [1.807, 2.05) is 6.92 Å². The maximum atomic E-state index is 11.9. The zero-order valence-electron chi connectivity index (χ0n) is 12.2. The molecule has 0 heterocycles. The molecule has 0 aliphatic carbocycles. The van der Waals surface area contributed by atoms with Gasteiger partial charge in [-0.2, -0.15) is 0 Å². The summed E-state index contributed by atoms with van der Waals surface area (Å²) in [6, 6.07) is 5.97. The second-order valence-corrected chi connectivity index (χ2v) is 4.27. The molecule has 0 fully saturated rings. The van der Waals surface area contributed by atoms with Gasteiger partial charge in [0.05, 0.1) is 13.2 Å². The number of hydrogen-bond donors (Lipinski definition) is 3. The Morgan fingerprint density at radius 1 is 1.14 bits per heavy atom. The zero-order chi connectivity index (χ0) is 15.7. The van der Waals surface area contributed by atoms with Gasteiger partial charge in [0, 0.05) is 18.0 Å². The maximum absolute atomic E-state index is 11.9. The molecule has 1 atom stereocenters. The van der Waals surface area contributed by atoms with Gasteiger partial charge in [-0.25, -0.2) is 4.79 Å². The maximum Gasteiger partial charge on any atom is 0.316 e. The Bertz CT molecular complexity index is 462. The van der Waals surface area contributed by atoms with Crippen molar-refractivity contribution >= 4 is 23.3 Å².